The molecule has 1 aromatic carbocycles. The van der Waals surface area contributed by atoms with Gasteiger partial charge in [-0.3, -0.25) is 4.79 Å². The van der Waals surface area contributed by atoms with E-state index in [4.69, 9.17) is 5.11 Å². The summed E-state index contributed by atoms with van der Waals surface area (Å²) in [5.41, 5.74) is 3.09. The number of fused-ring (bicyclic) bond motifs is 1. The normalized spacial score (nSPS) is 11.2. The molecule has 1 heterocycles. The number of hydrogen-bond donors (Lipinski definition) is 2. The zero-order chi connectivity index (χ0) is 11.7. The maximum absolute atomic E-state index is 10.8. The van der Waals surface area contributed by atoms with E-state index in [-0.39, 0.29) is 6.42 Å². The van der Waals surface area contributed by atoms with Gasteiger partial charge in [0, 0.05) is 17.1 Å². The molecule has 1 aromatic heterocycles. The fourth-order valence-corrected chi connectivity index (χ4v) is 2.07. The summed E-state index contributed by atoms with van der Waals surface area (Å²) in [5, 5.41) is 9.93. The van der Waals surface area contributed by atoms with Crippen LogP contribution in [0.2, 0.25) is 0 Å². The van der Waals surface area contributed by atoms with Gasteiger partial charge in [0.05, 0.1) is 6.42 Å². The Bertz CT molecular complexity index is 526. The number of carboxylic acid groups (broad SMARTS) is 1. The lowest BCUT2D eigenvalue weighted by molar-refractivity contribution is -0.136. The Labute approximate surface area is 94.1 Å². The fraction of sp³-hybridized carbons (Fsp3) is 0.308. The molecule has 0 radical (unpaired) electrons. The maximum Gasteiger partial charge on any atom is 0.307 e. The molecule has 84 valence electrons. The van der Waals surface area contributed by atoms with Gasteiger partial charge in [0.1, 0.15) is 0 Å². The Hall–Kier alpha value is -1.77. The van der Waals surface area contributed by atoms with E-state index in [0.717, 1.165) is 16.5 Å². The third-order valence-corrected chi connectivity index (χ3v) is 2.78. The lowest BCUT2D eigenvalue weighted by Gasteiger charge is -2.08. The van der Waals surface area contributed by atoms with Gasteiger partial charge in [0.2, 0.25) is 0 Å². The van der Waals surface area contributed by atoms with Gasteiger partial charge in [-0.2, -0.15) is 0 Å². The van der Waals surface area contributed by atoms with E-state index in [9.17, 15) is 4.79 Å². The largest absolute Gasteiger partial charge is 0.481 e. The Balaban J connectivity index is 2.63. The first-order valence-electron chi connectivity index (χ1n) is 5.40. The zero-order valence-electron chi connectivity index (χ0n) is 9.45. The molecule has 0 atom stereocenters. The number of nitrogens with one attached hydrogen (secondary N) is 1. The first kappa shape index (κ1) is 10.7. The minimum atomic E-state index is -0.792. The number of carbonyl (C=O) groups is 1. The number of aliphatic carboxylic acids is 1. The molecule has 0 bridgehead atoms. The number of benzene rings is 1. The van der Waals surface area contributed by atoms with Crippen LogP contribution in [0.25, 0.3) is 10.9 Å². The lowest BCUT2D eigenvalue weighted by atomic mass is 9.96. The van der Waals surface area contributed by atoms with Crippen LogP contribution in [0, 0.1) is 0 Å². The monoisotopic (exact) mass is 217 g/mol. The van der Waals surface area contributed by atoms with Crippen LogP contribution in [0.1, 0.15) is 30.9 Å². The molecule has 2 aromatic rings. The Kier molecular flexibility index (Phi) is 2.69. The molecule has 3 heteroatoms. The Morgan fingerprint density at radius 2 is 2.19 bits per heavy atom. The molecule has 0 amide bonds. The van der Waals surface area contributed by atoms with Crippen LogP contribution < -0.4 is 0 Å². The van der Waals surface area contributed by atoms with E-state index in [1.54, 1.807) is 6.20 Å². The number of aromatic nitrogens is 1. The molecular weight excluding hydrogens is 202 g/mol. The van der Waals surface area contributed by atoms with Crippen molar-refractivity contribution in [3.63, 3.8) is 0 Å². The molecular formula is C13H15NO2. The van der Waals surface area contributed by atoms with Crippen LogP contribution in [0.4, 0.5) is 0 Å². The van der Waals surface area contributed by atoms with Crippen LogP contribution in [-0.2, 0) is 11.2 Å². The predicted molar refractivity (Wildman–Crippen MR) is 63.7 cm³/mol. The predicted octanol–water partition coefficient (Wildman–Crippen LogP) is 2.92. The first-order chi connectivity index (χ1) is 7.59. The number of carboxylic acids is 1. The average molecular weight is 217 g/mol. The van der Waals surface area contributed by atoms with Crippen molar-refractivity contribution in [2.24, 2.45) is 0 Å². The summed E-state index contributed by atoms with van der Waals surface area (Å²) in [5.74, 6) is -0.397. The number of hydrogen-bond acceptors (Lipinski definition) is 1. The highest BCUT2D eigenvalue weighted by Gasteiger charge is 2.12. The highest BCUT2D eigenvalue weighted by atomic mass is 16.4. The second kappa shape index (κ2) is 4.00. The smallest absolute Gasteiger partial charge is 0.307 e. The van der Waals surface area contributed by atoms with Crippen LogP contribution in [0.15, 0.2) is 24.4 Å². The van der Waals surface area contributed by atoms with Crippen molar-refractivity contribution in [1.82, 2.24) is 4.98 Å². The standard InChI is InChI=1S/C13H15NO2/c1-8(2)10-4-3-5-11-13(10)9(7-14-11)6-12(15)16/h3-5,7-8,14H,6H2,1-2H3,(H,15,16). The summed E-state index contributed by atoms with van der Waals surface area (Å²) in [6.07, 6.45) is 1.87. The molecule has 0 saturated heterocycles. The lowest BCUT2D eigenvalue weighted by Crippen LogP contribution is -2.00. The van der Waals surface area contributed by atoms with E-state index in [0.29, 0.717) is 5.92 Å². The van der Waals surface area contributed by atoms with Gasteiger partial charge in [0.15, 0.2) is 0 Å². The van der Waals surface area contributed by atoms with Crippen molar-refractivity contribution in [1.29, 1.82) is 0 Å². The van der Waals surface area contributed by atoms with Crippen molar-refractivity contribution < 1.29 is 9.90 Å². The van der Waals surface area contributed by atoms with Gasteiger partial charge in [-0.25, -0.2) is 0 Å². The summed E-state index contributed by atoms with van der Waals surface area (Å²) < 4.78 is 0. The number of aromatic amines is 1. The number of rotatable bonds is 3. The molecule has 0 unspecified atom stereocenters. The Morgan fingerprint density at radius 1 is 1.44 bits per heavy atom. The summed E-state index contributed by atoms with van der Waals surface area (Å²) in [7, 11) is 0. The Morgan fingerprint density at radius 3 is 2.81 bits per heavy atom. The third-order valence-electron chi connectivity index (χ3n) is 2.78. The summed E-state index contributed by atoms with van der Waals surface area (Å²) in [6.45, 7) is 4.23. The minimum Gasteiger partial charge on any atom is -0.481 e. The van der Waals surface area contributed by atoms with E-state index in [1.807, 2.05) is 12.1 Å². The topological polar surface area (TPSA) is 53.1 Å². The molecule has 2 rings (SSSR count). The molecule has 0 spiro atoms. The number of H-pyrrole nitrogens is 1. The first-order valence-corrected chi connectivity index (χ1v) is 5.40. The molecule has 2 N–H and O–H groups in total. The van der Waals surface area contributed by atoms with Gasteiger partial charge < -0.3 is 10.1 Å². The molecule has 0 aliphatic carbocycles. The summed E-state index contributed by atoms with van der Waals surface area (Å²) >= 11 is 0. The summed E-state index contributed by atoms with van der Waals surface area (Å²) in [4.78, 5) is 13.9. The molecule has 0 saturated carbocycles. The second-order valence-corrected chi connectivity index (χ2v) is 4.31. The molecule has 3 nitrogen and oxygen atoms in total. The molecule has 0 fully saturated rings. The van der Waals surface area contributed by atoms with E-state index < -0.39 is 5.97 Å². The van der Waals surface area contributed by atoms with E-state index >= 15 is 0 Å². The van der Waals surface area contributed by atoms with Crippen molar-refractivity contribution in [2.45, 2.75) is 26.2 Å². The van der Waals surface area contributed by atoms with E-state index in [1.165, 1.54) is 5.56 Å². The minimum absolute atomic E-state index is 0.0731. The SMILES string of the molecule is CC(C)c1cccc2[nH]cc(CC(=O)O)c12. The van der Waals surface area contributed by atoms with Gasteiger partial charge in [-0.1, -0.05) is 26.0 Å². The van der Waals surface area contributed by atoms with Crippen LogP contribution >= 0.6 is 0 Å². The fourth-order valence-electron chi connectivity index (χ4n) is 2.07. The van der Waals surface area contributed by atoms with Crippen LogP contribution in [0.3, 0.4) is 0 Å². The van der Waals surface area contributed by atoms with Crippen molar-refractivity contribution >= 4 is 16.9 Å². The second-order valence-electron chi connectivity index (χ2n) is 4.31. The van der Waals surface area contributed by atoms with E-state index in [2.05, 4.69) is 24.9 Å². The van der Waals surface area contributed by atoms with Gasteiger partial charge in [-0.15, -0.1) is 0 Å². The quantitative estimate of drug-likeness (QED) is 0.830. The molecule has 0 aliphatic rings. The van der Waals surface area contributed by atoms with Crippen LogP contribution in [0.5, 0.6) is 0 Å². The maximum atomic E-state index is 10.8. The highest BCUT2D eigenvalue weighted by molar-refractivity contribution is 5.90. The molecule has 0 aliphatic heterocycles. The molecule has 16 heavy (non-hydrogen) atoms. The van der Waals surface area contributed by atoms with Crippen molar-refractivity contribution in [3.8, 4) is 0 Å². The van der Waals surface area contributed by atoms with Crippen molar-refractivity contribution in [3.05, 3.63) is 35.5 Å². The van der Waals surface area contributed by atoms with Gasteiger partial charge >= 0.3 is 5.97 Å². The summed E-state index contributed by atoms with van der Waals surface area (Å²) in [6, 6.07) is 6.04. The van der Waals surface area contributed by atoms with Gasteiger partial charge in [-0.05, 0) is 23.1 Å². The average Bonchev–Trinajstić information content (AvgIpc) is 2.60. The van der Waals surface area contributed by atoms with Crippen molar-refractivity contribution in [2.75, 3.05) is 0 Å². The third kappa shape index (κ3) is 1.81. The zero-order valence-corrected chi connectivity index (χ0v) is 9.45. The van der Waals surface area contributed by atoms with Gasteiger partial charge in [0.25, 0.3) is 0 Å². The highest BCUT2D eigenvalue weighted by Crippen LogP contribution is 2.28. The van der Waals surface area contributed by atoms with Crippen LogP contribution in [-0.4, -0.2) is 16.1 Å².